The minimum Gasteiger partial charge on any atom is -0.476 e. The zero-order chi connectivity index (χ0) is 14.1. The first-order valence-electron chi connectivity index (χ1n) is 5.62. The Bertz CT molecular complexity index is 737. The number of benzene rings is 1. The molecule has 1 aromatic heterocycles. The van der Waals surface area contributed by atoms with Crippen LogP contribution in [0.15, 0.2) is 45.6 Å². The number of carbonyl (C=O) groups is 2. The number of carboxylic acids is 1. The van der Waals surface area contributed by atoms with Crippen LogP contribution in [-0.4, -0.2) is 21.8 Å². The van der Waals surface area contributed by atoms with Gasteiger partial charge < -0.3 is 10.4 Å². The number of ketones is 1. The number of nitrogens with one attached hydrogen (secondary N) is 1. The number of aromatic nitrogens is 1. The monoisotopic (exact) mass is 304 g/mol. The van der Waals surface area contributed by atoms with Gasteiger partial charge in [-0.05, 0) is 12.1 Å². The number of carboxylic acid groups (broad SMARTS) is 1. The molecule has 0 fully saturated rings. The van der Waals surface area contributed by atoms with Crippen LogP contribution in [0.25, 0.3) is 0 Å². The minimum absolute atomic E-state index is 0.00964. The second-order valence-electron chi connectivity index (χ2n) is 3.92. The van der Waals surface area contributed by atoms with Crippen LogP contribution in [0.4, 0.5) is 5.13 Å². The van der Waals surface area contributed by atoms with Crippen LogP contribution in [0.1, 0.15) is 20.8 Å². The SMILES string of the molecule is O=C(O)c1csc(NC=C2Sc3ccccc3C2=O)n1. The molecule has 3 rings (SSSR count). The fraction of sp³-hybridized carbons (Fsp3) is 0. The molecule has 0 atom stereocenters. The maximum Gasteiger partial charge on any atom is 0.355 e. The molecule has 0 saturated carbocycles. The number of allylic oxidation sites excluding steroid dienone is 1. The smallest absolute Gasteiger partial charge is 0.355 e. The van der Waals surface area contributed by atoms with Crippen LogP contribution >= 0.6 is 23.1 Å². The Morgan fingerprint density at radius 2 is 2.15 bits per heavy atom. The van der Waals surface area contributed by atoms with Crippen molar-refractivity contribution in [3.8, 4) is 0 Å². The molecule has 20 heavy (non-hydrogen) atoms. The molecule has 0 radical (unpaired) electrons. The highest BCUT2D eigenvalue weighted by Gasteiger charge is 2.25. The molecule has 0 aliphatic carbocycles. The molecule has 0 unspecified atom stereocenters. The lowest BCUT2D eigenvalue weighted by Gasteiger charge is -1.96. The van der Waals surface area contributed by atoms with E-state index in [0.717, 1.165) is 4.90 Å². The fourth-order valence-corrected chi connectivity index (χ4v) is 3.33. The van der Waals surface area contributed by atoms with Gasteiger partial charge in [0, 0.05) is 22.0 Å². The number of thioether (sulfide) groups is 1. The Balaban J connectivity index is 1.78. The summed E-state index contributed by atoms with van der Waals surface area (Å²) in [6.45, 7) is 0. The molecule has 7 heteroatoms. The maximum absolute atomic E-state index is 12.1. The number of hydrogen-bond acceptors (Lipinski definition) is 6. The molecular weight excluding hydrogens is 296 g/mol. The number of aromatic carboxylic acids is 1. The largest absolute Gasteiger partial charge is 0.476 e. The van der Waals surface area contributed by atoms with E-state index in [1.54, 1.807) is 12.3 Å². The van der Waals surface area contributed by atoms with E-state index in [1.165, 1.54) is 28.5 Å². The Labute approximate surface area is 122 Å². The zero-order valence-corrected chi connectivity index (χ0v) is 11.6. The summed E-state index contributed by atoms with van der Waals surface area (Å²) >= 11 is 2.56. The first-order chi connectivity index (χ1) is 9.65. The quantitative estimate of drug-likeness (QED) is 0.848. The van der Waals surface area contributed by atoms with Crippen LogP contribution in [0.5, 0.6) is 0 Å². The molecule has 1 aromatic carbocycles. The third-order valence-corrected chi connectivity index (χ3v) is 4.50. The number of nitrogens with zero attached hydrogens (tertiary/aromatic N) is 1. The average Bonchev–Trinajstić information content (AvgIpc) is 3.03. The summed E-state index contributed by atoms with van der Waals surface area (Å²) in [5.74, 6) is -1.10. The summed E-state index contributed by atoms with van der Waals surface area (Å²) in [5.41, 5.74) is 0.681. The van der Waals surface area contributed by atoms with Crippen LogP contribution in [0.3, 0.4) is 0 Å². The number of thiazole rings is 1. The average molecular weight is 304 g/mol. The molecule has 0 saturated heterocycles. The van der Waals surface area contributed by atoms with Gasteiger partial charge in [-0.15, -0.1) is 11.3 Å². The van der Waals surface area contributed by atoms with E-state index in [2.05, 4.69) is 10.3 Å². The highest BCUT2D eigenvalue weighted by molar-refractivity contribution is 8.04. The fourth-order valence-electron chi connectivity index (χ4n) is 1.70. The van der Waals surface area contributed by atoms with Crippen molar-refractivity contribution in [2.24, 2.45) is 0 Å². The van der Waals surface area contributed by atoms with Crippen molar-refractivity contribution in [3.05, 3.63) is 52.0 Å². The van der Waals surface area contributed by atoms with Crippen molar-refractivity contribution in [1.29, 1.82) is 0 Å². The number of rotatable bonds is 3. The standard InChI is InChI=1S/C13H8N2O3S2/c16-11-7-3-1-2-4-9(7)20-10(11)5-14-13-15-8(6-19-13)12(17)18/h1-6H,(H,14,15)(H,17,18). The van der Waals surface area contributed by atoms with Crippen molar-refractivity contribution in [1.82, 2.24) is 4.98 Å². The predicted molar refractivity (Wildman–Crippen MR) is 77.4 cm³/mol. The summed E-state index contributed by atoms with van der Waals surface area (Å²) in [6, 6.07) is 7.39. The Kier molecular flexibility index (Phi) is 3.29. The van der Waals surface area contributed by atoms with Gasteiger partial charge in [0.05, 0.1) is 4.91 Å². The zero-order valence-electron chi connectivity index (χ0n) is 9.99. The van der Waals surface area contributed by atoms with Crippen LogP contribution < -0.4 is 5.32 Å². The number of anilines is 1. The highest BCUT2D eigenvalue weighted by Crippen LogP contribution is 2.39. The van der Waals surface area contributed by atoms with Gasteiger partial charge in [-0.3, -0.25) is 4.79 Å². The lowest BCUT2D eigenvalue weighted by atomic mass is 10.1. The molecule has 1 aliphatic heterocycles. The topological polar surface area (TPSA) is 79.3 Å². The Morgan fingerprint density at radius 3 is 2.85 bits per heavy atom. The predicted octanol–water partition coefficient (Wildman–Crippen LogP) is 3.08. The first-order valence-corrected chi connectivity index (χ1v) is 7.32. The van der Waals surface area contributed by atoms with Gasteiger partial charge in [0.2, 0.25) is 5.78 Å². The number of Topliss-reactive ketones (excluding diaryl/α,β-unsaturated/α-hetero) is 1. The summed E-state index contributed by atoms with van der Waals surface area (Å²) in [4.78, 5) is 28.2. The Hall–Kier alpha value is -2.12. The number of hydrogen-bond donors (Lipinski definition) is 2. The normalized spacial score (nSPS) is 15.4. The molecule has 2 heterocycles. The van der Waals surface area contributed by atoms with E-state index < -0.39 is 5.97 Å². The summed E-state index contributed by atoms with van der Waals surface area (Å²) in [6.07, 6.45) is 1.57. The van der Waals surface area contributed by atoms with E-state index in [1.807, 2.05) is 18.2 Å². The van der Waals surface area contributed by atoms with Gasteiger partial charge in [-0.2, -0.15) is 0 Å². The van der Waals surface area contributed by atoms with Gasteiger partial charge in [0.15, 0.2) is 10.8 Å². The van der Waals surface area contributed by atoms with E-state index in [0.29, 0.717) is 15.6 Å². The summed E-state index contributed by atoms with van der Waals surface area (Å²) in [5, 5.41) is 13.5. The molecule has 0 spiro atoms. The minimum atomic E-state index is -1.07. The third kappa shape index (κ3) is 2.33. The Morgan fingerprint density at radius 1 is 1.35 bits per heavy atom. The van der Waals surface area contributed by atoms with Gasteiger partial charge in [0.1, 0.15) is 0 Å². The van der Waals surface area contributed by atoms with Crippen LogP contribution in [0, 0.1) is 0 Å². The molecule has 0 amide bonds. The highest BCUT2D eigenvalue weighted by atomic mass is 32.2. The van der Waals surface area contributed by atoms with Gasteiger partial charge in [-0.1, -0.05) is 23.9 Å². The molecule has 2 aromatic rings. The van der Waals surface area contributed by atoms with E-state index >= 15 is 0 Å². The molecule has 5 nitrogen and oxygen atoms in total. The lowest BCUT2D eigenvalue weighted by Crippen LogP contribution is -1.99. The van der Waals surface area contributed by atoms with Crippen LogP contribution in [0.2, 0.25) is 0 Å². The summed E-state index contributed by atoms with van der Waals surface area (Å²) in [7, 11) is 0. The van der Waals surface area contributed by atoms with Crippen molar-refractivity contribution in [2.75, 3.05) is 5.32 Å². The van der Waals surface area contributed by atoms with Crippen molar-refractivity contribution in [2.45, 2.75) is 4.90 Å². The molecule has 1 aliphatic rings. The van der Waals surface area contributed by atoms with Crippen molar-refractivity contribution < 1.29 is 14.7 Å². The third-order valence-electron chi connectivity index (χ3n) is 2.63. The number of carbonyl (C=O) groups excluding carboxylic acids is 1. The van der Waals surface area contributed by atoms with E-state index in [9.17, 15) is 9.59 Å². The van der Waals surface area contributed by atoms with Gasteiger partial charge >= 0.3 is 5.97 Å². The lowest BCUT2D eigenvalue weighted by molar-refractivity contribution is 0.0691. The summed E-state index contributed by atoms with van der Waals surface area (Å²) < 4.78 is 0. The van der Waals surface area contributed by atoms with E-state index in [-0.39, 0.29) is 11.5 Å². The molecule has 0 bridgehead atoms. The van der Waals surface area contributed by atoms with Crippen LogP contribution in [-0.2, 0) is 0 Å². The maximum atomic E-state index is 12.1. The molecular formula is C13H8N2O3S2. The second kappa shape index (κ2) is 5.10. The number of fused-ring (bicyclic) bond motifs is 1. The first kappa shape index (κ1) is 12.9. The second-order valence-corrected chi connectivity index (χ2v) is 5.87. The van der Waals surface area contributed by atoms with Gasteiger partial charge in [-0.25, -0.2) is 9.78 Å². The molecule has 2 N–H and O–H groups in total. The van der Waals surface area contributed by atoms with E-state index in [4.69, 9.17) is 5.11 Å². The van der Waals surface area contributed by atoms with Crippen molar-refractivity contribution >= 4 is 40.0 Å². The molecule has 100 valence electrons. The van der Waals surface area contributed by atoms with Gasteiger partial charge in [0.25, 0.3) is 0 Å². The van der Waals surface area contributed by atoms with Crippen molar-refractivity contribution in [3.63, 3.8) is 0 Å².